The molecule has 3 N–H and O–H groups in total. The summed E-state index contributed by atoms with van der Waals surface area (Å²) in [5.74, 6) is 0.0367. The van der Waals surface area contributed by atoms with Gasteiger partial charge < -0.3 is 14.8 Å². The topological polar surface area (TPSA) is 121 Å². The molecule has 0 bridgehead atoms. The second kappa shape index (κ2) is 11.2. The van der Waals surface area contributed by atoms with Crippen LogP contribution >= 0.6 is 11.6 Å². The fourth-order valence-electron chi connectivity index (χ4n) is 5.88. The summed E-state index contributed by atoms with van der Waals surface area (Å²) in [5, 5.41) is 10.1. The molecule has 0 radical (unpaired) electrons. The molecule has 214 valence electrons. The molecule has 1 saturated carbocycles. The molecule has 8 nitrogen and oxygen atoms in total. The molecule has 2 aliphatic carbocycles. The smallest absolute Gasteiger partial charge is 0.309 e. The molecule has 2 heterocycles. The first kappa shape index (κ1) is 28.6. The number of pyridine rings is 1. The van der Waals surface area contributed by atoms with Crippen LogP contribution in [-0.4, -0.2) is 47.9 Å². The van der Waals surface area contributed by atoms with Crippen molar-refractivity contribution in [2.45, 2.75) is 70.9 Å². The van der Waals surface area contributed by atoms with Crippen LogP contribution in [0.15, 0.2) is 42.5 Å². The van der Waals surface area contributed by atoms with E-state index in [0.717, 1.165) is 60.7 Å². The molecule has 0 saturated heterocycles. The third-order valence-electron chi connectivity index (χ3n) is 8.39. The van der Waals surface area contributed by atoms with E-state index in [4.69, 9.17) is 21.3 Å². The van der Waals surface area contributed by atoms with Gasteiger partial charge in [0.25, 0.3) is 0 Å². The van der Waals surface area contributed by atoms with Crippen LogP contribution in [0, 0.1) is 11.3 Å². The Balaban J connectivity index is 1.25. The van der Waals surface area contributed by atoms with E-state index in [1.54, 1.807) is 0 Å². The number of aromatic nitrogens is 2. The van der Waals surface area contributed by atoms with E-state index >= 15 is 0 Å². The second-order valence-corrected chi connectivity index (χ2v) is 13.9. The summed E-state index contributed by atoms with van der Waals surface area (Å²) < 4.78 is 31.9. The number of H-pyrrole nitrogens is 1. The summed E-state index contributed by atoms with van der Waals surface area (Å²) in [6.45, 7) is 3.62. The van der Waals surface area contributed by atoms with Crippen LogP contribution in [0.25, 0.3) is 27.9 Å². The van der Waals surface area contributed by atoms with Gasteiger partial charge >= 0.3 is 5.97 Å². The zero-order valence-corrected chi connectivity index (χ0v) is 24.6. The van der Waals surface area contributed by atoms with Crippen molar-refractivity contribution in [3.63, 3.8) is 0 Å². The average molecular weight is 586 g/mol. The lowest BCUT2D eigenvalue weighted by atomic mass is 9.70. The van der Waals surface area contributed by atoms with Crippen molar-refractivity contribution in [3.05, 3.63) is 53.1 Å². The Kier molecular flexibility index (Phi) is 8.01. The lowest BCUT2D eigenvalue weighted by Crippen LogP contribution is -2.37. The zero-order valence-electron chi connectivity index (χ0n) is 23.0. The zero-order chi connectivity index (χ0) is 28.7. The lowest BCUT2D eigenvalue weighted by molar-refractivity contribution is -0.151. The van der Waals surface area contributed by atoms with Gasteiger partial charge in [-0.25, -0.2) is 18.1 Å². The lowest BCUT2D eigenvalue weighted by Gasteiger charge is -2.36. The number of nitrogens with zero attached hydrogens (tertiary/aromatic N) is 1. The van der Waals surface area contributed by atoms with Crippen LogP contribution < -0.4 is 9.46 Å². The number of carboxylic acids is 1. The number of benzene rings is 1. The van der Waals surface area contributed by atoms with Crippen molar-refractivity contribution in [3.8, 4) is 17.1 Å². The van der Waals surface area contributed by atoms with Crippen molar-refractivity contribution in [1.29, 1.82) is 0 Å². The second-order valence-electron chi connectivity index (χ2n) is 11.7. The van der Waals surface area contributed by atoms with Gasteiger partial charge in [0.15, 0.2) is 5.88 Å². The fraction of sp³-hybridized carbons (Fsp3) is 0.467. The summed E-state index contributed by atoms with van der Waals surface area (Å²) in [6.07, 6.45) is 8.86. The normalized spacial score (nSPS) is 22.2. The minimum absolute atomic E-state index is 0.0305. The van der Waals surface area contributed by atoms with Crippen molar-refractivity contribution in [2.24, 2.45) is 11.3 Å². The van der Waals surface area contributed by atoms with Gasteiger partial charge in [-0.1, -0.05) is 41.9 Å². The number of halogens is 1. The van der Waals surface area contributed by atoms with E-state index in [2.05, 4.69) is 27.9 Å². The number of carbonyl (C=O) groups is 1. The van der Waals surface area contributed by atoms with Crippen LogP contribution in [0.1, 0.15) is 64.4 Å². The maximum absolute atomic E-state index is 11.6. The number of sulfonamides is 1. The highest BCUT2D eigenvalue weighted by atomic mass is 35.5. The van der Waals surface area contributed by atoms with E-state index in [0.29, 0.717) is 23.0 Å². The monoisotopic (exact) mass is 585 g/mol. The van der Waals surface area contributed by atoms with Crippen molar-refractivity contribution >= 4 is 44.2 Å². The number of hydrogen-bond acceptors (Lipinski definition) is 5. The number of fused-ring (bicyclic) bond motifs is 1. The van der Waals surface area contributed by atoms with Gasteiger partial charge in [0.2, 0.25) is 10.0 Å². The van der Waals surface area contributed by atoms with Gasteiger partial charge in [0, 0.05) is 17.7 Å². The average Bonchev–Trinajstić information content (AvgIpc) is 3.29. The number of aromatic amines is 1. The summed E-state index contributed by atoms with van der Waals surface area (Å²) in [4.78, 5) is 19.7. The first-order chi connectivity index (χ1) is 18.9. The number of allylic oxidation sites excluding steroid dienone is 1. The van der Waals surface area contributed by atoms with Crippen molar-refractivity contribution < 1.29 is 23.1 Å². The quantitative estimate of drug-likeness (QED) is 0.280. The molecule has 1 fully saturated rings. The molecular weight excluding hydrogens is 550 g/mol. The van der Waals surface area contributed by atoms with Crippen LogP contribution in [-0.2, 0) is 14.8 Å². The van der Waals surface area contributed by atoms with Gasteiger partial charge in [-0.2, -0.15) is 0 Å². The highest BCUT2D eigenvalue weighted by molar-refractivity contribution is 7.88. The summed E-state index contributed by atoms with van der Waals surface area (Å²) >= 11 is 6.64. The minimum atomic E-state index is -3.20. The highest BCUT2D eigenvalue weighted by Gasteiger charge is 2.39. The van der Waals surface area contributed by atoms with Crippen LogP contribution in [0.5, 0.6) is 5.88 Å². The Morgan fingerprint density at radius 1 is 1.10 bits per heavy atom. The van der Waals surface area contributed by atoms with Crippen LogP contribution in [0.3, 0.4) is 0 Å². The Labute approximate surface area is 240 Å². The first-order valence-corrected chi connectivity index (χ1v) is 16.0. The predicted molar refractivity (Wildman–Crippen MR) is 158 cm³/mol. The Morgan fingerprint density at radius 3 is 2.38 bits per heavy atom. The predicted octanol–water partition coefficient (Wildman–Crippen LogP) is 6.42. The molecule has 1 unspecified atom stereocenters. The molecule has 3 aromatic rings. The molecule has 5 rings (SSSR count). The highest BCUT2D eigenvalue weighted by Crippen LogP contribution is 2.40. The molecule has 40 heavy (non-hydrogen) atoms. The van der Waals surface area contributed by atoms with Gasteiger partial charge in [0.1, 0.15) is 6.10 Å². The molecule has 1 aromatic carbocycles. The molecule has 0 spiro atoms. The molecule has 10 heteroatoms. The van der Waals surface area contributed by atoms with E-state index in [1.165, 1.54) is 11.8 Å². The standard InChI is InChI=1S/C30H36ClN3O5S/c1-30(2,29(35)36)21-10-14-23(15-11-21)39-27-17-26-25(32-27)16-24(31)28(33-26)20-6-4-18(5-7-20)19-8-12-22(13-9-19)34-40(3,37)38/h4-8,16-17,21-23,32,34H,9-15H2,1-3H3,(H,35,36). The van der Waals surface area contributed by atoms with Gasteiger partial charge in [0.05, 0.1) is 33.4 Å². The molecule has 1 atom stereocenters. The van der Waals surface area contributed by atoms with E-state index < -0.39 is 21.4 Å². The maximum atomic E-state index is 11.6. The van der Waals surface area contributed by atoms with Gasteiger partial charge in [-0.3, -0.25) is 4.79 Å². The van der Waals surface area contributed by atoms with E-state index in [-0.39, 0.29) is 18.1 Å². The van der Waals surface area contributed by atoms with Crippen LogP contribution in [0.2, 0.25) is 5.02 Å². The molecule has 0 amide bonds. The largest absolute Gasteiger partial charge is 0.481 e. The molecule has 2 aliphatic rings. The fourth-order valence-corrected chi connectivity index (χ4v) is 6.96. The van der Waals surface area contributed by atoms with E-state index in [9.17, 15) is 18.3 Å². The number of aliphatic carboxylic acids is 1. The first-order valence-electron chi connectivity index (χ1n) is 13.8. The number of rotatable bonds is 8. The number of nitrogens with one attached hydrogen (secondary N) is 2. The SMILES string of the molecule is CC(C)(C(=O)O)C1CCC(Oc2cc3nc(-c4ccc(C5=CCC(NS(C)(=O)=O)CC5)cc4)c(Cl)cc3[nH]2)CC1. The Bertz CT molecular complexity index is 1540. The maximum Gasteiger partial charge on any atom is 0.309 e. The Morgan fingerprint density at radius 2 is 1.77 bits per heavy atom. The summed E-state index contributed by atoms with van der Waals surface area (Å²) in [7, 11) is -3.20. The third-order valence-corrected chi connectivity index (χ3v) is 9.44. The number of carboxylic acid groups (broad SMARTS) is 1. The van der Waals surface area contributed by atoms with Crippen LogP contribution in [0.4, 0.5) is 0 Å². The van der Waals surface area contributed by atoms with E-state index in [1.807, 2.05) is 38.1 Å². The van der Waals surface area contributed by atoms with Crippen molar-refractivity contribution in [2.75, 3.05) is 6.26 Å². The number of ether oxygens (including phenoxy) is 1. The minimum Gasteiger partial charge on any atom is -0.481 e. The van der Waals surface area contributed by atoms with Gasteiger partial charge in [-0.15, -0.1) is 0 Å². The molecule has 2 aromatic heterocycles. The van der Waals surface area contributed by atoms with Gasteiger partial charge in [-0.05, 0) is 81.9 Å². The van der Waals surface area contributed by atoms with Crippen molar-refractivity contribution in [1.82, 2.24) is 14.7 Å². The molecule has 0 aliphatic heterocycles. The third kappa shape index (κ3) is 6.37. The molecular formula is C30H36ClN3O5S. The summed E-state index contributed by atoms with van der Waals surface area (Å²) in [5.41, 5.74) is 4.75. The Hall–Kier alpha value is -2.88. The summed E-state index contributed by atoms with van der Waals surface area (Å²) in [6, 6.07) is 11.8. The number of hydrogen-bond donors (Lipinski definition) is 3.